The Morgan fingerprint density at radius 2 is 2.16 bits per heavy atom. The maximum absolute atomic E-state index is 12.3. The number of nitrogens with one attached hydrogen (secondary N) is 2. The number of carbonyl (C=O) groups excluding carboxylic acids is 1. The van der Waals surface area contributed by atoms with Crippen molar-refractivity contribution in [2.75, 3.05) is 5.32 Å². The molecule has 130 valence electrons. The third kappa shape index (κ3) is 4.26. The van der Waals surface area contributed by atoms with Crippen molar-refractivity contribution in [3.05, 3.63) is 65.6 Å². The fourth-order valence-electron chi connectivity index (χ4n) is 2.77. The van der Waals surface area contributed by atoms with E-state index in [0.29, 0.717) is 6.54 Å². The SMILES string of the molecule is Cc1cc(C(C)NC(=O)Nc2cccc(Cn3cncn3)c2)c(C)o1. The lowest BCUT2D eigenvalue weighted by Crippen LogP contribution is -2.31. The molecule has 3 rings (SSSR count). The van der Waals surface area contributed by atoms with Gasteiger partial charge in [0, 0.05) is 11.3 Å². The number of hydrogen-bond acceptors (Lipinski definition) is 4. The average molecular weight is 339 g/mol. The Morgan fingerprint density at radius 3 is 2.84 bits per heavy atom. The predicted molar refractivity (Wildman–Crippen MR) is 94.3 cm³/mol. The number of amides is 2. The van der Waals surface area contributed by atoms with Gasteiger partial charge in [-0.25, -0.2) is 14.5 Å². The van der Waals surface area contributed by atoms with Crippen LogP contribution in [0.25, 0.3) is 0 Å². The van der Waals surface area contributed by atoms with Crippen molar-refractivity contribution in [1.29, 1.82) is 0 Å². The molecule has 0 aliphatic heterocycles. The summed E-state index contributed by atoms with van der Waals surface area (Å²) in [5, 5.41) is 9.87. The van der Waals surface area contributed by atoms with Gasteiger partial charge in [0.15, 0.2) is 0 Å². The summed E-state index contributed by atoms with van der Waals surface area (Å²) >= 11 is 0. The number of anilines is 1. The van der Waals surface area contributed by atoms with E-state index in [9.17, 15) is 4.79 Å². The quantitative estimate of drug-likeness (QED) is 0.746. The Kier molecular flexibility index (Phi) is 4.83. The molecule has 2 amide bonds. The Bertz CT molecular complexity index is 854. The van der Waals surface area contributed by atoms with Crippen molar-refractivity contribution in [2.45, 2.75) is 33.4 Å². The zero-order valence-corrected chi connectivity index (χ0v) is 14.5. The van der Waals surface area contributed by atoms with Gasteiger partial charge in [-0.1, -0.05) is 12.1 Å². The van der Waals surface area contributed by atoms with Crippen LogP contribution in [0.1, 0.15) is 35.6 Å². The van der Waals surface area contributed by atoms with E-state index in [-0.39, 0.29) is 12.1 Å². The van der Waals surface area contributed by atoms with E-state index in [1.165, 1.54) is 6.33 Å². The van der Waals surface area contributed by atoms with Gasteiger partial charge in [0.25, 0.3) is 0 Å². The van der Waals surface area contributed by atoms with Crippen LogP contribution in [0.15, 0.2) is 47.4 Å². The molecule has 0 aliphatic carbocycles. The minimum absolute atomic E-state index is 0.143. The summed E-state index contributed by atoms with van der Waals surface area (Å²) in [7, 11) is 0. The molecule has 2 heterocycles. The Balaban J connectivity index is 1.62. The Labute approximate surface area is 146 Å². The Hall–Kier alpha value is -3.09. The number of urea groups is 1. The molecule has 0 fully saturated rings. The second kappa shape index (κ2) is 7.21. The van der Waals surface area contributed by atoms with E-state index in [4.69, 9.17) is 4.42 Å². The molecule has 0 saturated carbocycles. The number of carbonyl (C=O) groups is 1. The molecule has 1 unspecified atom stereocenters. The summed E-state index contributed by atoms with van der Waals surface area (Å²) in [5.41, 5.74) is 2.73. The van der Waals surface area contributed by atoms with E-state index >= 15 is 0 Å². The largest absolute Gasteiger partial charge is 0.466 e. The van der Waals surface area contributed by atoms with Crippen LogP contribution in [0, 0.1) is 13.8 Å². The van der Waals surface area contributed by atoms with Crippen molar-refractivity contribution in [2.24, 2.45) is 0 Å². The van der Waals surface area contributed by atoms with Crippen molar-refractivity contribution >= 4 is 11.7 Å². The van der Waals surface area contributed by atoms with E-state index in [0.717, 1.165) is 28.3 Å². The molecule has 1 aromatic carbocycles. The lowest BCUT2D eigenvalue weighted by Gasteiger charge is -2.14. The van der Waals surface area contributed by atoms with Crippen LogP contribution in [0.3, 0.4) is 0 Å². The van der Waals surface area contributed by atoms with Crippen LogP contribution >= 0.6 is 0 Å². The van der Waals surface area contributed by atoms with Crippen molar-refractivity contribution < 1.29 is 9.21 Å². The molecule has 0 radical (unpaired) electrons. The van der Waals surface area contributed by atoms with Crippen LogP contribution in [-0.4, -0.2) is 20.8 Å². The fraction of sp³-hybridized carbons (Fsp3) is 0.278. The zero-order chi connectivity index (χ0) is 17.8. The highest BCUT2D eigenvalue weighted by Gasteiger charge is 2.15. The van der Waals surface area contributed by atoms with Gasteiger partial charge in [-0.3, -0.25) is 0 Å². The smallest absolute Gasteiger partial charge is 0.319 e. The topological polar surface area (TPSA) is 85.0 Å². The number of aryl methyl sites for hydroxylation is 2. The van der Waals surface area contributed by atoms with E-state index < -0.39 is 0 Å². The molecular weight excluding hydrogens is 318 g/mol. The number of nitrogens with zero attached hydrogens (tertiary/aromatic N) is 3. The predicted octanol–water partition coefficient (Wildman–Crippen LogP) is 3.42. The van der Waals surface area contributed by atoms with Crippen molar-refractivity contribution in [1.82, 2.24) is 20.1 Å². The molecular formula is C18H21N5O2. The first kappa shape index (κ1) is 16.8. The summed E-state index contributed by atoms with van der Waals surface area (Å²) in [4.78, 5) is 16.2. The molecule has 25 heavy (non-hydrogen) atoms. The monoisotopic (exact) mass is 339 g/mol. The normalized spacial score (nSPS) is 12.0. The van der Waals surface area contributed by atoms with Gasteiger partial charge in [0.05, 0.1) is 12.6 Å². The number of aromatic nitrogens is 3. The maximum atomic E-state index is 12.3. The van der Waals surface area contributed by atoms with E-state index in [1.54, 1.807) is 11.0 Å². The van der Waals surface area contributed by atoms with Crippen molar-refractivity contribution in [3.63, 3.8) is 0 Å². The van der Waals surface area contributed by atoms with Gasteiger partial charge in [-0.2, -0.15) is 5.10 Å². The van der Waals surface area contributed by atoms with Crippen LogP contribution in [-0.2, 0) is 6.54 Å². The Morgan fingerprint density at radius 1 is 1.32 bits per heavy atom. The molecule has 1 atom stereocenters. The summed E-state index contributed by atoms with van der Waals surface area (Å²) in [5.74, 6) is 1.66. The first-order valence-electron chi connectivity index (χ1n) is 8.07. The molecule has 2 aromatic heterocycles. The summed E-state index contributed by atoms with van der Waals surface area (Å²) in [6.07, 6.45) is 3.15. The molecule has 3 aromatic rings. The molecule has 7 nitrogen and oxygen atoms in total. The molecule has 0 spiro atoms. The second-order valence-corrected chi connectivity index (χ2v) is 5.98. The first-order valence-corrected chi connectivity index (χ1v) is 8.07. The molecule has 0 aliphatic rings. The lowest BCUT2D eigenvalue weighted by atomic mass is 10.1. The molecule has 7 heteroatoms. The van der Waals surface area contributed by atoms with Crippen LogP contribution in [0.2, 0.25) is 0 Å². The highest BCUT2D eigenvalue weighted by Crippen LogP contribution is 2.21. The summed E-state index contributed by atoms with van der Waals surface area (Å²) in [6.45, 7) is 6.31. The number of furan rings is 1. The average Bonchev–Trinajstić information content (AvgIpc) is 3.16. The number of benzene rings is 1. The van der Waals surface area contributed by atoms with E-state index in [2.05, 4.69) is 20.7 Å². The first-order chi connectivity index (χ1) is 12.0. The van der Waals surface area contributed by atoms with Gasteiger partial charge in [0.2, 0.25) is 0 Å². The van der Waals surface area contributed by atoms with Gasteiger partial charge in [-0.05, 0) is 44.5 Å². The number of hydrogen-bond donors (Lipinski definition) is 2. The molecule has 0 bridgehead atoms. The standard InChI is InChI=1S/C18H21N5O2/c1-12-7-17(14(3)25-12)13(2)21-18(24)22-16-6-4-5-15(8-16)9-23-11-19-10-20-23/h4-8,10-11,13H,9H2,1-3H3,(H2,21,22,24). The van der Waals surface area contributed by atoms with Gasteiger partial charge in [-0.15, -0.1) is 0 Å². The van der Waals surface area contributed by atoms with Crippen LogP contribution < -0.4 is 10.6 Å². The minimum Gasteiger partial charge on any atom is -0.466 e. The highest BCUT2D eigenvalue weighted by atomic mass is 16.3. The summed E-state index contributed by atoms with van der Waals surface area (Å²) < 4.78 is 7.24. The zero-order valence-electron chi connectivity index (χ0n) is 14.5. The van der Waals surface area contributed by atoms with E-state index in [1.807, 2.05) is 51.1 Å². The third-order valence-corrected chi connectivity index (χ3v) is 3.89. The van der Waals surface area contributed by atoms with Crippen LogP contribution in [0.4, 0.5) is 10.5 Å². The lowest BCUT2D eigenvalue weighted by molar-refractivity contribution is 0.249. The minimum atomic E-state index is -0.261. The third-order valence-electron chi connectivity index (χ3n) is 3.89. The number of rotatable bonds is 5. The fourth-order valence-corrected chi connectivity index (χ4v) is 2.77. The molecule has 2 N–H and O–H groups in total. The maximum Gasteiger partial charge on any atom is 0.319 e. The summed E-state index contributed by atoms with van der Waals surface area (Å²) in [6, 6.07) is 9.18. The van der Waals surface area contributed by atoms with Gasteiger partial charge < -0.3 is 15.1 Å². The van der Waals surface area contributed by atoms with Crippen molar-refractivity contribution in [3.8, 4) is 0 Å². The second-order valence-electron chi connectivity index (χ2n) is 5.98. The molecule has 0 saturated heterocycles. The van der Waals surface area contributed by atoms with Gasteiger partial charge in [0.1, 0.15) is 24.2 Å². The highest BCUT2D eigenvalue weighted by molar-refractivity contribution is 5.89. The van der Waals surface area contributed by atoms with Crippen LogP contribution in [0.5, 0.6) is 0 Å². The van der Waals surface area contributed by atoms with Gasteiger partial charge >= 0.3 is 6.03 Å².